The molecule has 0 amide bonds. The van der Waals surface area contributed by atoms with Crippen molar-refractivity contribution in [1.29, 1.82) is 0 Å². The van der Waals surface area contributed by atoms with Gasteiger partial charge in [0, 0.05) is 24.8 Å². The molecule has 4 rings (SSSR count). The highest BCUT2D eigenvalue weighted by molar-refractivity contribution is 7.17. The Morgan fingerprint density at radius 2 is 1.88 bits per heavy atom. The van der Waals surface area contributed by atoms with Gasteiger partial charge in [0.2, 0.25) is 0 Å². The number of nitrogens with one attached hydrogen (secondary N) is 1. The van der Waals surface area contributed by atoms with E-state index in [0.717, 1.165) is 47.6 Å². The van der Waals surface area contributed by atoms with E-state index in [-0.39, 0.29) is 0 Å². The number of hydrogen-bond donors (Lipinski definition) is 1. The van der Waals surface area contributed by atoms with Gasteiger partial charge >= 0.3 is 0 Å². The van der Waals surface area contributed by atoms with Crippen LogP contribution in [0.2, 0.25) is 0 Å². The van der Waals surface area contributed by atoms with Crippen LogP contribution < -0.4 is 10.3 Å². The topological polar surface area (TPSA) is 62.6 Å². The van der Waals surface area contributed by atoms with Gasteiger partial charge in [-0.1, -0.05) is 47.7 Å². The number of rotatable bonds is 5. The Balaban J connectivity index is 1.61. The second-order valence-corrected chi connectivity index (χ2v) is 6.77. The number of ether oxygens (including phenoxy) is 1. The summed E-state index contributed by atoms with van der Waals surface area (Å²) in [7, 11) is 0. The third-order valence-corrected chi connectivity index (χ3v) is 5.05. The van der Waals surface area contributed by atoms with Crippen LogP contribution in [-0.4, -0.2) is 42.5 Å². The van der Waals surface area contributed by atoms with Crippen molar-refractivity contribution in [1.82, 2.24) is 9.97 Å². The summed E-state index contributed by atoms with van der Waals surface area (Å²) in [6, 6.07) is 15.9. The van der Waals surface area contributed by atoms with Crippen LogP contribution in [0.3, 0.4) is 0 Å². The molecule has 1 aliphatic rings. The molecular formula is C19H19N5OS. The third-order valence-electron chi connectivity index (χ3n) is 4.00. The molecule has 26 heavy (non-hydrogen) atoms. The lowest BCUT2D eigenvalue weighted by atomic mass is 10.1. The Hall–Kier alpha value is -2.77. The monoisotopic (exact) mass is 365 g/mol. The van der Waals surface area contributed by atoms with Gasteiger partial charge in [0.1, 0.15) is 5.82 Å². The molecule has 0 spiro atoms. The Kier molecular flexibility index (Phi) is 5.18. The maximum atomic E-state index is 5.45. The van der Waals surface area contributed by atoms with Crippen molar-refractivity contribution in [2.45, 2.75) is 0 Å². The zero-order valence-corrected chi connectivity index (χ0v) is 15.0. The maximum absolute atomic E-state index is 5.45. The van der Waals surface area contributed by atoms with E-state index >= 15 is 0 Å². The zero-order valence-electron chi connectivity index (χ0n) is 14.2. The van der Waals surface area contributed by atoms with E-state index in [2.05, 4.69) is 32.5 Å². The molecule has 0 radical (unpaired) electrons. The van der Waals surface area contributed by atoms with Gasteiger partial charge in [0.25, 0.3) is 0 Å². The smallest absolute Gasteiger partial charge is 0.186 e. The minimum absolute atomic E-state index is 0.711. The van der Waals surface area contributed by atoms with Gasteiger partial charge in [-0.25, -0.2) is 9.97 Å². The van der Waals surface area contributed by atoms with E-state index in [1.165, 1.54) is 0 Å². The summed E-state index contributed by atoms with van der Waals surface area (Å²) in [5.74, 6) is 0.711. The van der Waals surface area contributed by atoms with Crippen molar-refractivity contribution in [3.8, 4) is 11.3 Å². The number of aromatic nitrogens is 2. The highest BCUT2D eigenvalue weighted by Crippen LogP contribution is 2.32. The van der Waals surface area contributed by atoms with Crippen molar-refractivity contribution in [3.05, 3.63) is 59.6 Å². The van der Waals surface area contributed by atoms with E-state index < -0.39 is 0 Å². The van der Waals surface area contributed by atoms with Gasteiger partial charge in [-0.2, -0.15) is 5.10 Å². The Bertz CT molecular complexity index is 860. The lowest BCUT2D eigenvalue weighted by Gasteiger charge is -2.26. The van der Waals surface area contributed by atoms with Crippen LogP contribution >= 0.6 is 11.3 Å². The molecule has 3 aromatic rings. The van der Waals surface area contributed by atoms with E-state index in [9.17, 15) is 0 Å². The quantitative estimate of drug-likeness (QED) is 0.554. The summed E-state index contributed by atoms with van der Waals surface area (Å²) in [6.45, 7) is 3.21. The summed E-state index contributed by atoms with van der Waals surface area (Å²) in [6.07, 6.45) is 3.55. The summed E-state index contributed by atoms with van der Waals surface area (Å²) >= 11 is 1.65. The second-order valence-electron chi connectivity index (χ2n) is 5.76. The van der Waals surface area contributed by atoms with Crippen molar-refractivity contribution in [2.75, 3.05) is 36.6 Å². The molecule has 3 heterocycles. The van der Waals surface area contributed by atoms with Crippen LogP contribution in [0.4, 0.5) is 10.9 Å². The van der Waals surface area contributed by atoms with E-state index in [1.807, 2.05) is 42.6 Å². The number of pyridine rings is 1. The molecular weight excluding hydrogens is 346 g/mol. The van der Waals surface area contributed by atoms with Gasteiger partial charge in [0.15, 0.2) is 5.13 Å². The Labute approximate surface area is 156 Å². The summed E-state index contributed by atoms with van der Waals surface area (Å²) in [5, 5.41) is 5.35. The second kappa shape index (κ2) is 8.07. The molecule has 7 heteroatoms. The first-order valence-corrected chi connectivity index (χ1v) is 9.31. The number of thiazole rings is 1. The van der Waals surface area contributed by atoms with Crippen molar-refractivity contribution < 1.29 is 4.74 Å². The number of anilines is 2. The molecule has 2 aromatic heterocycles. The predicted molar refractivity (Wildman–Crippen MR) is 106 cm³/mol. The van der Waals surface area contributed by atoms with Crippen LogP contribution in [-0.2, 0) is 4.74 Å². The highest BCUT2D eigenvalue weighted by atomic mass is 32.1. The molecule has 1 aromatic carbocycles. The van der Waals surface area contributed by atoms with E-state index in [0.29, 0.717) is 5.82 Å². The van der Waals surface area contributed by atoms with Crippen LogP contribution in [0, 0.1) is 0 Å². The SMILES string of the molecule is C(=N\Nc1ccccn1)/c1sc(N2CCOCC2)nc1-c1ccccc1. The molecule has 1 saturated heterocycles. The normalized spacial score (nSPS) is 14.7. The van der Waals surface area contributed by atoms with Gasteiger partial charge in [-0.15, -0.1) is 0 Å². The number of morpholine rings is 1. The fourth-order valence-electron chi connectivity index (χ4n) is 2.69. The molecule has 0 aliphatic carbocycles. The average molecular weight is 365 g/mol. The number of hydrogen-bond acceptors (Lipinski definition) is 7. The maximum Gasteiger partial charge on any atom is 0.186 e. The fourth-order valence-corrected chi connectivity index (χ4v) is 3.70. The van der Waals surface area contributed by atoms with Crippen molar-refractivity contribution >= 4 is 28.5 Å². The zero-order chi connectivity index (χ0) is 17.6. The first kappa shape index (κ1) is 16.7. The average Bonchev–Trinajstić information content (AvgIpc) is 3.14. The van der Waals surface area contributed by atoms with Crippen LogP contribution in [0.1, 0.15) is 4.88 Å². The van der Waals surface area contributed by atoms with Gasteiger partial charge in [0.05, 0.1) is 30.0 Å². The number of nitrogens with zero attached hydrogens (tertiary/aromatic N) is 4. The Morgan fingerprint density at radius 3 is 2.65 bits per heavy atom. The highest BCUT2D eigenvalue weighted by Gasteiger charge is 2.18. The minimum Gasteiger partial charge on any atom is -0.378 e. The molecule has 6 nitrogen and oxygen atoms in total. The van der Waals surface area contributed by atoms with E-state index in [1.54, 1.807) is 17.5 Å². The van der Waals surface area contributed by atoms with Crippen LogP contribution in [0.25, 0.3) is 11.3 Å². The van der Waals surface area contributed by atoms with Crippen LogP contribution in [0.5, 0.6) is 0 Å². The summed E-state index contributed by atoms with van der Waals surface area (Å²) in [4.78, 5) is 12.4. The van der Waals surface area contributed by atoms with Gasteiger partial charge < -0.3 is 9.64 Å². The summed E-state index contributed by atoms with van der Waals surface area (Å²) in [5.41, 5.74) is 5.00. The van der Waals surface area contributed by atoms with Crippen molar-refractivity contribution in [3.63, 3.8) is 0 Å². The van der Waals surface area contributed by atoms with Gasteiger partial charge in [-0.3, -0.25) is 5.43 Å². The third kappa shape index (κ3) is 3.89. The fraction of sp³-hybridized carbons (Fsp3) is 0.211. The van der Waals surface area contributed by atoms with Crippen molar-refractivity contribution in [2.24, 2.45) is 5.10 Å². The molecule has 1 aliphatic heterocycles. The van der Waals surface area contributed by atoms with Crippen LogP contribution in [0.15, 0.2) is 59.8 Å². The molecule has 1 N–H and O–H groups in total. The first-order chi connectivity index (χ1) is 12.9. The lowest BCUT2D eigenvalue weighted by Crippen LogP contribution is -2.36. The lowest BCUT2D eigenvalue weighted by molar-refractivity contribution is 0.122. The number of hydrazone groups is 1. The standard InChI is InChI=1S/C19H19N5OS/c1-2-6-15(7-3-1)18-16(14-21-23-17-8-4-5-9-20-17)26-19(22-18)24-10-12-25-13-11-24/h1-9,14H,10-13H2,(H,20,23)/b21-14+. The largest absolute Gasteiger partial charge is 0.378 e. The number of benzene rings is 1. The van der Waals surface area contributed by atoms with E-state index in [4.69, 9.17) is 9.72 Å². The molecule has 0 unspecified atom stereocenters. The van der Waals surface area contributed by atoms with Gasteiger partial charge in [-0.05, 0) is 12.1 Å². The molecule has 0 bridgehead atoms. The minimum atomic E-state index is 0.711. The summed E-state index contributed by atoms with van der Waals surface area (Å²) < 4.78 is 5.45. The predicted octanol–water partition coefficient (Wildman–Crippen LogP) is 3.49. The molecule has 132 valence electrons. The molecule has 1 fully saturated rings. The first-order valence-electron chi connectivity index (χ1n) is 8.49. The molecule has 0 atom stereocenters. The Morgan fingerprint density at radius 1 is 1.08 bits per heavy atom. The molecule has 0 saturated carbocycles.